The van der Waals surface area contributed by atoms with Gasteiger partial charge >= 0.3 is 0 Å². The van der Waals surface area contributed by atoms with Gasteiger partial charge in [-0.25, -0.2) is 0 Å². The third-order valence-corrected chi connectivity index (χ3v) is 10.2. The van der Waals surface area contributed by atoms with Crippen molar-refractivity contribution in [1.82, 2.24) is 0 Å². The number of hydrogen-bond acceptors (Lipinski definition) is 6. The third-order valence-electron chi connectivity index (χ3n) is 10.2. The quantitative estimate of drug-likeness (QED) is 0.149. The van der Waals surface area contributed by atoms with Gasteiger partial charge in [-0.15, -0.1) is 0 Å². The highest BCUT2D eigenvalue weighted by molar-refractivity contribution is 4.93. The highest BCUT2D eigenvalue weighted by Crippen LogP contribution is 2.35. The van der Waals surface area contributed by atoms with Crippen molar-refractivity contribution < 1.29 is 30.6 Å². The van der Waals surface area contributed by atoms with Crippen molar-refractivity contribution in [3.8, 4) is 0 Å². The molecule has 0 aromatic heterocycles. The first-order valence-corrected chi connectivity index (χ1v) is 19.5. The van der Waals surface area contributed by atoms with Gasteiger partial charge in [0.15, 0.2) is 0 Å². The molecule has 0 aromatic carbocycles. The molecule has 0 atom stereocenters. The summed E-state index contributed by atoms with van der Waals surface area (Å²) in [4.78, 5) is 0. The second kappa shape index (κ2) is 26.8. The van der Waals surface area contributed by atoms with Crippen molar-refractivity contribution in [2.24, 2.45) is 0 Å². The van der Waals surface area contributed by atoms with Crippen LogP contribution in [0.15, 0.2) is 0 Å². The van der Waals surface area contributed by atoms with Crippen LogP contribution < -0.4 is 0 Å². The standard InChI is InChI=1S/C38H76O6/c39-36(40)34-32-30-28-26-24-22-20-18-16-14-12-10-8-6-4-2-1-3-5-7-9-11-13-15-17-19-21-23-25-27-29-31-33-35-37(41,42)38(36,43)44/h39-44H,1-35H2. The van der Waals surface area contributed by atoms with Crippen LogP contribution in [0.25, 0.3) is 0 Å². The molecular formula is C38H76O6. The molecule has 1 saturated carbocycles. The molecule has 0 radical (unpaired) electrons. The average Bonchev–Trinajstić information content (AvgIpc) is 2.98. The van der Waals surface area contributed by atoms with Gasteiger partial charge in [0.1, 0.15) is 0 Å². The highest BCUT2D eigenvalue weighted by atomic mass is 16.7. The molecule has 0 bridgehead atoms. The molecule has 6 N–H and O–H groups in total. The summed E-state index contributed by atoms with van der Waals surface area (Å²) in [6, 6.07) is 0. The smallest absolute Gasteiger partial charge is 0.274 e. The largest absolute Gasteiger partial charge is 0.361 e. The molecule has 0 spiro atoms. The average molecular weight is 629 g/mol. The first-order valence-electron chi connectivity index (χ1n) is 19.5. The number of aliphatic hydroxyl groups is 6. The molecule has 1 aliphatic rings. The van der Waals surface area contributed by atoms with Crippen molar-refractivity contribution in [3.63, 3.8) is 0 Å². The van der Waals surface area contributed by atoms with Crippen molar-refractivity contribution in [3.05, 3.63) is 0 Å². The zero-order chi connectivity index (χ0) is 32.2. The van der Waals surface area contributed by atoms with Crippen LogP contribution in [0.2, 0.25) is 0 Å². The highest BCUT2D eigenvalue weighted by Gasteiger charge is 2.60. The zero-order valence-corrected chi connectivity index (χ0v) is 28.9. The van der Waals surface area contributed by atoms with Crippen molar-refractivity contribution in [1.29, 1.82) is 0 Å². The number of rotatable bonds is 0. The topological polar surface area (TPSA) is 121 Å². The monoisotopic (exact) mass is 629 g/mol. The van der Waals surface area contributed by atoms with E-state index in [2.05, 4.69) is 0 Å². The predicted molar refractivity (Wildman–Crippen MR) is 183 cm³/mol. The van der Waals surface area contributed by atoms with Crippen LogP contribution in [-0.2, 0) is 0 Å². The third kappa shape index (κ3) is 20.8. The van der Waals surface area contributed by atoms with E-state index in [1.165, 1.54) is 161 Å². The van der Waals surface area contributed by atoms with Crippen LogP contribution in [0, 0.1) is 0 Å². The van der Waals surface area contributed by atoms with Gasteiger partial charge in [-0.3, -0.25) is 0 Å². The van der Waals surface area contributed by atoms with E-state index in [9.17, 15) is 30.6 Å². The Bertz CT molecular complexity index is 570. The molecule has 0 amide bonds. The van der Waals surface area contributed by atoms with E-state index >= 15 is 0 Å². The summed E-state index contributed by atoms with van der Waals surface area (Å²) in [5, 5.41) is 62.2. The van der Waals surface area contributed by atoms with Gasteiger partial charge in [0.25, 0.3) is 5.79 Å². The Kier molecular flexibility index (Phi) is 25.4. The molecule has 6 nitrogen and oxygen atoms in total. The Hall–Kier alpha value is -0.240. The van der Waals surface area contributed by atoms with E-state index in [1.54, 1.807) is 0 Å². The molecule has 6 heteroatoms. The summed E-state index contributed by atoms with van der Waals surface area (Å²) >= 11 is 0. The maximum atomic E-state index is 10.4. The summed E-state index contributed by atoms with van der Waals surface area (Å²) in [5.74, 6) is -9.37. The van der Waals surface area contributed by atoms with Crippen molar-refractivity contribution >= 4 is 0 Å². The molecule has 0 unspecified atom stereocenters. The van der Waals surface area contributed by atoms with Crippen LogP contribution in [-0.4, -0.2) is 48.0 Å². The van der Waals surface area contributed by atoms with Gasteiger partial charge in [0.05, 0.1) is 0 Å². The van der Waals surface area contributed by atoms with Gasteiger partial charge < -0.3 is 30.6 Å². The van der Waals surface area contributed by atoms with E-state index in [-0.39, 0.29) is 12.8 Å². The van der Waals surface area contributed by atoms with Gasteiger partial charge in [-0.05, 0) is 12.8 Å². The maximum Gasteiger partial charge on any atom is 0.274 e. The summed E-state index contributed by atoms with van der Waals surface area (Å²) in [5.41, 5.74) is 0. The molecule has 0 heterocycles. The van der Waals surface area contributed by atoms with E-state index in [0.717, 1.165) is 38.5 Å². The molecule has 0 aromatic rings. The molecule has 1 rings (SSSR count). The minimum absolute atomic E-state index is 0.317. The van der Waals surface area contributed by atoms with Crippen LogP contribution in [0.1, 0.15) is 225 Å². The Morgan fingerprint density at radius 1 is 0.182 bits per heavy atom. The lowest BCUT2D eigenvalue weighted by Crippen LogP contribution is -2.68. The van der Waals surface area contributed by atoms with Gasteiger partial charge in [-0.2, -0.15) is 0 Å². The second-order valence-electron chi connectivity index (χ2n) is 14.5. The Morgan fingerprint density at radius 3 is 0.432 bits per heavy atom. The molecular weight excluding hydrogens is 552 g/mol. The minimum Gasteiger partial charge on any atom is -0.361 e. The maximum absolute atomic E-state index is 10.4. The lowest BCUT2D eigenvalue weighted by Gasteiger charge is -2.43. The molecule has 264 valence electrons. The van der Waals surface area contributed by atoms with E-state index in [0.29, 0.717) is 12.8 Å². The summed E-state index contributed by atoms with van der Waals surface area (Å²) in [6.45, 7) is 0. The zero-order valence-electron chi connectivity index (χ0n) is 28.9. The lowest BCUT2D eigenvalue weighted by molar-refractivity contribution is -0.454. The van der Waals surface area contributed by atoms with Gasteiger partial charge in [0.2, 0.25) is 11.6 Å². The van der Waals surface area contributed by atoms with Crippen molar-refractivity contribution in [2.75, 3.05) is 0 Å². The van der Waals surface area contributed by atoms with Crippen molar-refractivity contribution in [2.45, 2.75) is 242 Å². The predicted octanol–water partition coefficient (Wildman–Crippen LogP) is 9.70. The fraction of sp³-hybridized carbons (Fsp3) is 1.00. The van der Waals surface area contributed by atoms with Gasteiger partial charge in [0, 0.05) is 12.8 Å². The first-order chi connectivity index (χ1) is 21.2. The van der Waals surface area contributed by atoms with Crippen LogP contribution >= 0.6 is 0 Å². The van der Waals surface area contributed by atoms with E-state index in [4.69, 9.17) is 0 Å². The normalized spacial score (nSPS) is 26.0. The van der Waals surface area contributed by atoms with E-state index < -0.39 is 17.4 Å². The van der Waals surface area contributed by atoms with Gasteiger partial charge in [-0.1, -0.05) is 199 Å². The molecule has 0 saturated heterocycles. The van der Waals surface area contributed by atoms with E-state index in [1.807, 2.05) is 0 Å². The second-order valence-corrected chi connectivity index (χ2v) is 14.5. The Balaban J connectivity index is 2.32. The molecule has 1 aliphatic carbocycles. The first kappa shape index (κ1) is 41.8. The van der Waals surface area contributed by atoms with Crippen LogP contribution in [0.3, 0.4) is 0 Å². The molecule has 0 aliphatic heterocycles. The van der Waals surface area contributed by atoms with Crippen LogP contribution in [0.4, 0.5) is 0 Å². The van der Waals surface area contributed by atoms with Crippen LogP contribution in [0.5, 0.6) is 0 Å². The fourth-order valence-electron chi connectivity index (χ4n) is 6.89. The Morgan fingerprint density at radius 2 is 0.295 bits per heavy atom. The fourth-order valence-corrected chi connectivity index (χ4v) is 6.89. The molecule has 1 fully saturated rings. The minimum atomic E-state index is -3.41. The lowest BCUT2D eigenvalue weighted by atomic mass is 9.88. The molecule has 44 heavy (non-hydrogen) atoms. The summed E-state index contributed by atoms with van der Waals surface area (Å²) < 4.78 is 0. The SMILES string of the molecule is OC1(O)CCCCCCCCCCCCCCCCCCCCCCCCCCCCCCCCCCCC(O)(O)C1(O)O. The Labute approximate surface area is 272 Å². The number of hydrogen-bond donors (Lipinski definition) is 6. The summed E-state index contributed by atoms with van der Waals surface area (Å²) in [6.07, 6.45) is 39.5. The summed E-state index contributed by atoms with van der Waals surface area (Å²) in [7, 11) is 0.